The van der Waals surface area contributed by atoms with Crippen LogP contribution in [0.2, 0.25) is 0 Å². The minimum Gasteiger partial charge on any atom is -0.494 e. The van der Waals surface area contributed by atoms with Gasteiger partial charge in [0, 0.05) is 37.3 Å². The van der Waals surface area contributed by atoms with Crippen LogP contribution in [0, 0.1) is 0 Å². The Kier molecular flexibility index (Phi) is 7.18. The standard InChI is InChI=1S/C21H34N4O/c1-3-22-21(23-15-17-9-5-8-12-20(17)26-4-2)24-18-13-14-25(16-18)19-10-6-7-11-19/h5,8-9,12,18-19H,3-4,6-7,10-11,13-16H2,1-2H3,(H2,22,23,24). The van der Waals surface area contributed by atoms with Crippen LogP contribution in [0.4, 0.5) is 0 Å². The van der Waals surface area contributed by atoms with E-state index in [1.807, 2.05) is 25.1 Å². The number of hydrogen-bond donors (Lipinski definition) is 2. The van der Waals surface area contributed by atoms with Gasteiger partial charge in [0.2, 0.25) is 0 Å². The Bertz CT molecular complexity index is 583. The summed E-state index contributed by atoms with van der Waals surface area (Å²) >= 11 is 0. The number of nitrogens with zero attached hydrogens (tertiary/aromatic N) is 2. The molecule has 1 heterocycles. The summed E-state index contributed by atoms with van der Waals surface area (Å²) in [6.07, 6.45) is 6.78. The van der Waals surface area contributed by atoms with Crippen LogP contribution < -0.4 is 15.4 Å². The molecule has 2 N–H and O–H groups in total. The van der Waals surface area contributed by atoms with Gasteiger partial charge in [0.15, 0.2) is 5.96 Å². The molecule has 3 rings (SSSR count). The van der Waals surface area contributed by atoms with E-state index in [2.05, 4.69) is 28.5 Å². The van der Waals surface area contributed by atoms with Gasteiger partial charge in [-0.05, 0) is 39.2 Å². The van der Waals surface area contributed by atoms with Gasteiger partial charge in [-0.3, -0.25) is 4.90 Å². The van der Waals surface area contributed by atoms with E-state index < -0.39 is 0 Å². The van der Waals surface area contributed by atoms with Crippen LogP contribution in [-0.2, 0) is 6.54 Å². The fourth-order valence-electron chi connectivity index (χ4n) is 4.11. The zero-order valence-electron chi connectivity index (χ0n) is 16.3. The lowest BCUT2D eigenvalue weighted by Crippen LogP contribution is -2.45. The Morgan fingerprint density at radius 2 is 2.00 bits per heavy atom. The van der Waals surface area contributed by atoms with Crippen LogP contribution in [0.5, 0.6) is 5.75 Å². The molecule has 1 aliphatic heterocycles. The molecule has 2 fully saturated rings. The van der Waals surface area contributed by atoms with Gasteiger partial charge in [-0.25, -0.2) is 4.99 Å². The van der Waals surface area contributed by atoms with E-state index in [1.54, 1.807) is 0 Å². The van der Waals surface area contributed by atoms with Gasteiger partial charge in [-0.1, -0.05) is 31.0 Å². The fraction of sp³-hybridized carbons (Fsp3) is 0.667. The second kappa shape index (κ2) is 9.81. The predicted molar refractivity (Wildman–Crippen MR) is 108 cm³/mol. The third-order valence-corrected chi connectivity index (χ3v) is 5.43. The Labute approximate surface area is 158 Å². The quantitative estimate of drug-likeness (QED) is 0.581. The molecule has 144 valence electrons. The van der Waals surface area contributed by atoms with Gasteiger partial charge in [0.1, 0.15) is 5.75 Å². The summed E-state index contributed by atoms with van der Waals surface area (Å²) in [5.41, 5.74) is 1.13. The van der Waals surface area contributed by atoms with Crippen molar-refractivity contribution in [3.05, 3.63) is 29.8 Å². The molecule has 1 aromatic carbocycles. The predicted octanol–water partition coefficient (Wildman–Crippen LogP) is 3.16. The number of likely N-dealkylation sites (tertiary alicyclic amines) is 1. The van der Waals surface area contributed by atoms with Gasteiger partial charge in [0.05, 0.1) is 13.2 Å². The molecule has 0 amide bonds. The number of para-hydroxylation sites is 1. The largest absolute Gasteiger partial charge is 0.494 e. The third-order valence-electron chi connectivity index (χ3n) is 5.43. The smallest absolute Gasteiger partial charge is 0.191 e. The third kappa shape index (κ3) is 5.13. The highest BCUT2D eigenvalue weighted by Gasteiger charge is 2.30. The van der Waals surface area contributed by atoms with E-state index in [0.717, 1.165) is 36.4 Å². The van der Waals surface area contributed by atoms with Crippen LogP contribution >= 0.6 is 0 Å². The lowest BCUT2D eigenvalue weighted by Gasteiger charge is -2.24. The first kappa shape index (κ1) is 19.0. The van der Waals surface area contributed by atoms with E-state index in [-0.39, 0.29) is 0 Å². The molecule has 1 atom stereocenters. The summed E-state index contributed by atoms with van der Waals surface area (Å²) < 4.78 is 5.72. The fourth-order valence-corrected chi connectivity index (χ4v) is 4.11. The van der Waals surface area contributed by atoms with Gasteiger partial charge in [-0.2, -0.15) is 0 Å². The molecule has 5 nitrogen and oxygen atoms in total. The molecule has 1 aromatic rings. The average molecular weight is 359 g/mol. The molecular formula is C21H34N4O. The summed E-state index contributed by atoms with van der Waals surface area (Å²) in [4.78, 5) is 7.49. The lowest BCUT2D eigenvalue weighted by atomic mass is 10.2. The molecular weight excluding hydrogens is 324 g/mol. The molecule has 2 aliphatic rings. The van der Waals surface area contributed by atoms with E-state index in [9.17, 15) is 0 Å². The second-order valence-electron chi connectivity index (χ2n) is 7.30. The zero-order chi connectivity index (χ0) is 18.2. The van der Waals surface area contributed by atoms with Crippen molar-refractivity contribution < 1.29 is 4.74 Å². The highest BCUT2D eigenvalue weighted by atomic mass is 16.5. The van der Waals surface area contributed by atoms with Gasteiger partial charge in [-0.15, -0.1) is 0 Å². The van der Waals surface area contributed by atoms with Gasteiger partial charge < -0.3 is 15.4 Å². The summed E-state index contributed by atoms with van der Waals surface area (Å²) in [7, 11) is 0. The topological polar surface area (TPSA) is 48.9 Å². The van der Waals surface area contributed by atoms with Crippen LogP contribution in [0.3, 0.4) is 0 Å². The van der Waals surface area contributed by atoms with Crippen molar-refractivity contribution >= 4 is 5.96 Å². The molecule has 1 saturated heterocycles. The minimum atomic E-state index is 0.496. The Hall–Kier alpha value is -1.75. The number of aliphatic imine (C=N–C) groups is 1. The molecule has 1 aliphatic carbocycles. The molecule has 0 aromatic heterocycles. The molecule has 1 unspecified atom stereocenters. The highest BCUT2D eigenvalue weighted by Crippen LogP contribution is 2.26. The van der Waals surface area contributed by atoms with Gasteiger partial charge in [0.25, 0.3) is 0 Å². The Balaban J connectivity index is 1.57. The van der Waals surface area contributed by atoms with Crippen LogP contribution in [0.25, 0.3) is 0 Å². The van der Waals surface area contributed by atoms with Crippen molar-refractivity contribution in [2.24, 2.45) is 4.99 Å². The first-order valence-electron chi connectivity index (χ1n) is 10.3. The summed E-state index contributed by atoms with van der Waals surface area (Å²) in [6, 6.07) is 9.48. The SMILES string of the molecule is CCNC(=NCc1ccccc1OCC)NC1CCN(C2CCCC2)C1. The maximum atomic E-state index is 5.72. The summed E-state index contributed by atoms with van der Waals surface area (Å²) in [5, 5.41) is 7.04. The van der Waals surface area contributed by atoms with E-state index in [1.165, 1.54) is 38.6 Å². The number of nitrogens with one attached hydrogen (secondary N) is 2. The lowest BCUT2D eigenvalue weighted by molar-refractivity contribution is 0.242. The molecule has 5 heteroatoms. The normalized spacial score (nSPS) is 21.9. The maximum Gasteiger partial charge on any atom is 0.191 e. The van der Waals surface area contributed by atoms with Crippen molar-refractivity contribution in [2.45, 2.75) is 64.6 Å². The summed E-state index contributed by atoms with van der Waals surface area (Å²) in [6.45, 7) is 8.67. The number of rotatable bonds is 7. The molecule has 0 radical (unpaired) electrons. The van der Waals surface area contributed by atoms with E-state index >= 15 is 0 Å². The van der Waals surface area contributed by atoms with Crippen molar-refractivity contribution in [2.75, 3.05) is 26.2 Å². The zero-order valence-corrected chi connectivity index (χ0v) is 16.3. The van der Waals surface area contributed by atoms with Crippen molar-refractivity contribution in [3.63, 3.8) is 0 Å². The number of guanidine groups is 1. The first-order chi connectivity index (χ1) is 12.8. The van der Waals surface area contributed by atoms with Crippen molar-refractivity contribution in [1.82, 2.24) is 15.5 Å². The molecule has 0 spiro atoms. The van der Waals surface area contributed by atoms with E-state index in [0.29, 0.717) is 19.2 Å². The average Bonchev–Trinajstić information content (AvgIpc) is 3.33. The molecule has 1 saturated carbocycles. The molecule has 0 bridgehead atoms. The van der Waals surface area contributed by atoms with Gasteiger partial charge >= 0.3 is 0 Å². The van der Waals surface area contributed by atoms with Crippen LogP contribution in [0.15, 0.2) is 29.3 Å². The maximum absolute atomic E-state index is 5.72. The first-order valence-corrected chi connectivity index (χ1v) is 10.3. The highest BCUT2D eigenvalue weighted by molar-refractivity contribution is 5.80. The number of benzene rings is 1. The summed E-state index contributed by atoms with van der Waals surface area (Å²) in [5.74, 6) is 1.85. The Morgan fingerprint density at radius 1 is 1.19 bits per heavy atom. The Morgan fingerprint density at radius 3 is 2.77 bits per heavy atom. The minimum absolute atomic E-state index is 0.496. The number of hydrogen-bond acceptors (Lipinski definition) is 3. The van der Waals surface area contributed by atoms with E-state index in [4.69, 9.17) is 9.73 Å². The number of ether oxygens (including phenoxy) is 1. The van der Waals surface area contributed by atoms with Crippen molar-refractivity contribution in [3.8, 4) is 5.75 Å². The van der Waals surface area contributed by atoms with Crippen LogP contribution in [-0.4, -0.2) is 49.2 Å². The monoisotopic (exact) mass is 358 g/mol. The van der Waals surface area contributed by atoms with Crippen LogP contribution in [0.1, 0.15) is 51.5 Å². The second-order valence-corrected chi connectivity index (χ2v) is 7.30. The van der Waals surface area contributed by atoms with Crippen molar-refractivity contribution in [1.29, 1.82) is 0 Å². The molecule has 26 heavy (non-hydrogen) atoms.